The monoisotopic (exact) mass is 241 g/mol. The van der Waals surface area contributed by atoms with Crippen LogP contribution < -0.4 is 5.73 Å². The fraction of sp³-hybridized carbons (Fsp3) is 0.0833. The molecule has 0 aliphatic rings. The molecule has 0 aliphatic carbocycles. The Morgan fingerprint density at radius 1 is 1.17 bits per heavy atom. The van der Waals surface area contributed by atoms with Crippen molar-refractivity contribution >= 4 is 6.01 Å². The van der Waals surface area contributed by atoms with Crippen molar-refractivity contribution in [2.45, 2.75) is 6.92 Å². The molecule has 2 N–H and O–H groups in total. The highest BCUT2D eigenvalue weighted by atomic mass is 16.4. The summed E-state index contributed by atoms with van der Waals surface area (Å²) in [5.74, 6) is 0.382. The molecule has 3 rings (SSSR count). The van der Waals surface area contributed by atoms with Gasteiger partial charge in [-0.25, -0.2) is 4.68 Å². The highest BCUT2D eigenvalue weighted by Gasteiger charge is 2.14. The van der Waals surface area contributed by atoms with Gasteiger partial charge in [0.1, 0.15) is 0 Å². The van der Waals surface area contributed by atoms with Crippen LogP contribution in [0.2, 0.25) is 0 Å². The van der Waals surface area contributed by atoms with E-state index in [1.165, 1.54) is 0 Å². The van der Waals surface area contributed by atoms with Gasteiger partial charge in [0, 0.05) is 0 Å². The summed E-state index contributed by atoms with van der Waals surface area (Å²) in [5.41, 5.74) is 8.10. The van der Waals surface area contributed by atoms with Gasteiger partial charge in [0.2, 0.25) is 0 Å². The molecular formula is C12H11N5O. The Labute approximate surface area is 103 Å². The third-order valence-electron chi connectivity index (χ3n) is 2.68. The summed E-state index contributed by atoms with van der Waals surface area (Å²) < 4.78 is 7.02. The molecular weight excluding hydrogens is 230 g/mol. The number of benzene rings is 1. The van der Waals surface area contributed by atoms with Crippen molar-refractivity contribution in [1.82, 2.24) is 20.0 Å². The molecule has 0 amide bonds. The van der Waals surface area contributed by atoms with Crippen LogP contribution in [0.4, 0.5) is 6.01 Å². The fourth-order valence-electron chi connectivity index (χ4n) is 1.79. The van der Waals surface area contributed by atoms with Gasteiger partial charge in [-0.15, -0.1) is 5.10 Å². The Kier molecular flexibility index (Phi) is 2.33. The molecule has 0 bridgehead atoms. The number of nitrogens with zero attached hydrogens (tertiary/aromatic N) is 4. The minimum absolute atomic E-state index is 0.0526. The first-order valence-electron chi connectivity index (χ1n) is 5.45. The van der Waals surface area contributed by atoms with Gasteiger partial charge >= 0.3 is 6.01 Å². The van der Waals surface area contributed by atoms with Gasteiger partial charge < -0.3 is 10.2 Å². The Morgan fingerprint density at radius 3 is 2.61 bits per heavy atom. The standard InChI is InChI=1S/C12H11N5O/c1-8-10(11-15-16-12(13)18-11)7-14-17(8)9-5-3-2-4-6-9/h2-7H,1H3,(H2,13,16). The lowest BCUT2D eigenvalue weighted by Gasteiger charge is -2.03. The minimum atomic E-state index is 0.0526. The van der Waals surface area contributed by atoms with Crippen molar-refractivity contribution in [3.63, 3.8) is 0 Å². The van der Waals surface area contributed by atoms with Crippen molar-refractivity contribution < 1.29 is 4.42 Å². The zero-order chi connectivity index (χ0) is 12.5. The SMILES string of the molecule is Cc1c(-c2nnc(N)o2)cnn1-c1ccccc1. The number of para-hydroxylation sites is 1. The molecule has 6 nitrogen and oxygen atoms in total. The summed E-state index contributed by atoms with van der Waals surface area (Å²) in [6, 6.07) is 9.89. The summed E-state index contributed by atoms with van der Waals surface area (Å²) in [6.45, 7) is 1.94. The number of aromatic nitrogens is 4. The predicted molar refractivity (Wildman–Crippen MR) is 66.0 cm³/mol. The largest absolute Gasteiger partial charge is 0.403 e. The lowest BCUT2D eigenvalue weighted by Crippen LogP contribution is -1.98. The molecule has 0 unspecified atom stereocenters. The molecule has 90 valence electrons. The Bertz CT molecular complexity index is 671. The first-order valence-corrected chi connectivity index (χ1v) is 5.45. The van der Waals surface area contributed by atoms with Crippen molar-refractivity contribution in [3.05, 3.63) is 42.2 Å². The maximum atomic E-state index is 5.42. The van der Waals surface area contributed by atoms with E-state index in [1.807, 2.05) is 41.9 Å². The number of nitrogen functional groups attached to an aromatic ring is 1. The van der Waals surface area contributed by atoms with Crippen LogP contribution in [0, 0.1) is 6.92 Å². The average molecular weight is 241 g/mol. The normalized spacial score (nSPS) is 10.7. The first kappa shape index (κ1) is 10.5. The minimum Gasteiger partial charge on any atom is -0.403 e. The van der Waals surface area contributed by atoms with Gasteiger partial charge in [-0.05, 0) is 19.1 Å². The van der Waals surface area contributed by atoms with Crippen LogP contribution in [0.3, 0.4) is 0 Å². The second kappa shape index (κ2) is 3.99. The summed E-state index contributed by atoms with van der Waals surface area (Å²) in [6.07, 6.45) is 1.69. The van der Waals surface area contributed by atoms with Crippen molar-refractivity contribution in [1.29, 1.82) is 0 Å². The highest BCUT2D eigenvalue weighted by molar-refractivity contribution is 5.57. The van der Waals surface area contributed by atoms with Crippen LogP contribution in [0.5, 0.6) is 0 Å². The molecule has 2 aromatic heterocycles. The zero-order valence-electron chi connectivity index (χ0n) is 9.74. The molecule has 0 fully saturated rings. The van der Waals surface area contributed by atoms with E-state index in [0.29, 0.717) is 5.89 Å². The molecule has 3 aromatic rings. The molecule has 0 atom stereocenters. The smallest absolute Gasteiger partial charge is 0.313 e. The van der Waals surface area contributed by atoms with E-state index in [9.17, 15) is 0 Å². The van der Waals surface area contributed by atoms with E-state index < -0.39 is 0 Å². The number of anilines is 1. The number of hydrogen-bond donors (Lipinski definition) is 1. The third kappa shape index (κ3) is 1.64. The van der Waals surface area contributed by atoms with Gasteiger partial charge in [-0.2, -0.15) is 5.10 Å². The number of nitrogens with two attached hydrogens (primary N) is 1. The van der Waals surface area contributed by atoms with Gasteiger partial charge in [-0.1, -0.05) is 23.3 Å². The van der Waals surface area contributed by atoms with E-state index in [2.05, 4.69) is 15.3 Å². The third-order valence-corrected chi connectivity index (χ3v) is 2.68. The van der Waals surface area contributed by atoms with Crippen molar-refractivity contribution in [2.24, 2.45) is 0 Å². The van der Waals surface area contributed by atoms with Gasteiger partial charge in [-0.3, -0.25) is 0 Å². The van der Waals surface area contributed by atoms with Crippen LogP contribution in [0.1, 0.15) is 5.69 Å². The lowest BCUT2D eigenvalue weighted by molar-refractivity contribution is 0.589. The Morgan fingerprint density at radius 2 is 1.94 bits per heavy atom. The summed E-state index contributed by atoms with van der Waals surface area (Å²) in [7, 11) is 0. The molecule has 18 heavy (non-hydrogen) atoms. The van der Waals surface area contributed by atoms with Crippen LogP contribution in [0.15, 0.2) is 40.9 Å². The molecule has 0 radical (unpaired) electrons. The highest BCUT2D eigenvalue weighted by Crippen LogP contribution is 2.24. The zero-order valence-corrected chi connectivity index (χ0v) is 9.74. The summed E-state index contributed by atoms with van der Waals surface area (Å²) >= 11 is 0. The maximum absolute atomic E-state index is 5.42. The molecule has 2 heterocycles. The number of rotatable bonds is 2. The second-order valence-electron chi connectivity index (χ2n) is 3.84. The van der Waals surface area contributed by atoms with Crippen LogP contribution in [-0.4, -0.2) is 20.0 Å². The number of hydrogen-bond acceptors (Lipinski definition) is 5. The van der Waals surface area contributed by atoms with E-state index in [0.717, 1.165) is 16.9 Å². The molecule has 1 aromatic carbocycles. The van der Waals surface area contributed by atoms with Gasteiger partial charge in [0.05, 0.1) is 23.1 Å². The Hall–Kier alpha value is -2.63. The molecule has 0 aliphatic heterocycles. The van der Waals surface area contributed by atoms with E-state index in [1.54, 1.807) is 6.20 Å². The molecule has 0 saturated heterocycles. The molecule has 0 saturated carbocycles. The van der Waals surface area contributed by atoms with Crippen LogP contribution >= 0.6 is 0 Å². The van der Waals surface area contributed by atoms with E-state index in [-0.39, 0.29) is 6.01 Å². The molecule has 0 spiro atoms. The summed E-state index contributed by atoms with van der Waals surface area (Å²) in [4.78, 5) is 0. The molecule has 6 heteroatoms. The van der Waals surface area contributed by atoms with Crippen LogP contribution in [-0.2, 0) is 0 Å². The first-order chi connectivity index (χ1) is 8.75. The topological polar surface area (TPSA) is 82.8 Å². The van der Waals surface area contributed by atoms with Crippen LogP contribution in [0.25, 0.3) is 17.1 Å². The lowest BCUT2D eigenvalue weighted by atomic mass is 10.2. The van der Waals surface area contributed by atoms with Gasteiger partial charge in [0.25, 0.3) is 5.89 Å². The average Bonchev–Trinajstić information content (AvgIpc) is 2.97. The second-order valence-corrected chi connectivity index (χ2v) is 3.84. The quantitative estimate of drug-likeness (QED) is 0.739. The van der Waals surface area contributed by atoms with Gasteiger partial charge in [0.15, 0.2) is 0 Å². The predicted octanol–water partition coefficient (Wildman–Crippen LogP) is 1.81. The fourth-order valence-corrected chi connectivity index (χ4v) is 1.79. The Balaban J connectivity index is 2.08. The van der Waals surface area contributed by atoms with Crippen molar-refractivity contribution in [3.8, 4) is 17.1 Å². The van der Waals surface area contributed by atoms with Crippen molar-refractivity contribution in [2.75, 3.05) is 5.73 Å². The van der Waals surface area contributed by atoms with E-state index in [4.69, 9.17) is 10.2 Å². The van der Waals surface area contributed by atoms with E-state index >= 15 is 0 Å². The maximum Gasteiger partial charge on any atom is 0.313 e. The summed E-state index contributed by atoms with van der Waals surface area (Å²) in [5, 5.41) is 11.8.